The van der Waals surface area contributed by atoms with Crippen LogP contribution >= 0.6 is 39.9 Å². The Morgan fingerprint density at radius 2 is 1.74 bits per heavy atom. The third kappa shape index (κ3) is 6.21. The molecule has 0 unspecified atom stereocenters. The van der Waals surface area contributed by atoms with Gasteiger partial charge in [0.05, 0.1) is 5.56 Å². The first-order valence-electron chi connectivity index (χ1n) is 6.93. The van der Waals surface area contributed by atoms with Gasteiger partial charge < -0.3 is 5.32 Å². The van der Waals surface area contributed by atoms with E-state index in [2.05, 4.69) is 44.2 Å². The maximum Gasteiger partial charge on any atom is 0.270 e. The highest BCUT2D eigenvalue weighted by Crippen LogP contribution is 2.16. The summed E-state index contributed by atoms with van der Waals surface area (Å²) in [6, 6.07) is 17.4. The molecule has 0 radical (unpaired) electrons. The molecule has 1 amide bonds. The minimum atomic E-state index is -0.250. The fourth-order valence-corrected chi connectivity index (χ4v) is 3.13. The van der Waals surface area contributed by atoms with E-state index in [1.807, 2.05) is 30.3 Å². The van der Waals surface area contributed by atoms with Crippen molar-refractivity contribution in [3.8, 4) is 0 Å². The van der Waals surface area contributed by atoms with Gasteiger partial charge in [0.25, 0.3) is 5.91 Å². The van der Waals surface area contributed by atoms with Crippen LogP contribution in [-0.4, -0.2) is 23.3 Å². The van der Waals surface area contributed by atoms with E-state index in [-0.39, 0.29) is 5.91 Å². The van der Waals surface area contributed by atoms with Gasteiger partial charge in [0.2, 0.25) is 0 Å². The molecule has 0 atom stereocenters. The van der Waals surface area contributed by atoms with E-state index in [1.165, 1.54) is 4.90 Å². The quantitative estimate of drug-likeness (QED) is 0.306. The highest BCUT2D eigenvalue weighted by Gasteiger charge is 2.08. The molecule has 2 aromatic carbocycles. The number of hydrogen-bond acceptors (Lipinski definition) is 3. The van der Waals surface area contributed by atoms with Crippen LogP contribution in [0.25, 0.3) is 0 Å². The first-order chi connectivity index (χ1) is 11.2. The van der Waals surface area contributed by atoms with Crippen molar-refractivity contribution in [2.45, 2.75) is 4.90 Å². The maximum absolute atomic E-state index is 12.0. The fourth-order valence-electron chi connectivity index (χ4n) is 1.72. The van der Waals surface area contributed by atoms with Gasteiger partial charge in [-0.25, -0.2) is 0 Å². The number of nitrogens with one attached hydrogen (secondary N) is 3. The minimum absolute atomic E-state index is 0.250. The van der Waals surface area contributed by atoms with Crippen molar-refractivity contribution in [1.29, 1.82) is 0 Å². The molecule has 3 N–H and O–H groups in total. The Morgan fingerprint density at radius 3 is 2.48 bits per heavy atom. The summed E-state index contributed by atoms with van der Waals surface area (Å²) in [4.78, 5) is 13.2. The molecule has 0 fully saturated rings. The Labute approximate surface area is 153 Å². The Hall–Kier alpha value is -1.57. The van der Waals surface area contributed by atoms with E-state index in [0.717, 1.165) is 10.2 Å². The van der Waals surface area contributed by atoms with Crippen molar-refractivity contribution in [2.75, 3.05) is 12.3 Å². The Morgan fingerprint density at radius 1 is 1.04 bits per heavy atom. The molecule has 0 spiro atoms. The molecule has 0 aliphatic heterocycles. The molecule has 120 valence electrons. The first-order valence-corrected chi connectivity index (χ1v) is 9.12. The van der Waals surface area contributed by atoms with Gasteiger partial charge in [0.15, 0.2) is 5.11 Å². The van der Waals surface area contributed by atoms with Crippen LogP contribution in [0.5, 0.6) is 0 Å². The number of thioether (sulfide) groups is 1. The van der Waals surface area contributed by atoms with Crippen LogP contribution in [0.2, 0.25) is 0 Å². The molecular weight excluding hydrogens is 394 g/mol. The predicted octanol–water partition coefficient (Wildman–Crippen LogP) is 3.35. The molecule has 2 rings (SSSR count). The average Bonchev–Trinajstić information content (AvgIpc) is 2.58. The number of carbonyl (C=O) groups is 1. The number of amides is 1. The van der Waals surface area contributed by atoms with Gasteiger partial charge in [-0.1, -0.05) is 30.3 Å². The van der Waals surface area contributed by atoms with Gasteiger partial charge in [-0.15, -0.1) is 11.8 Å². The Bertz CT molecular complexity index is 667. The zero-order chi connectivity index (χ0) is 16.5. The summed E-state index contributed by atoms with van der Waals surface area (Å²) in [7, 11) is 0. The lowest BCUT2D eigenvalue weighted by molar-refractivity contribution is 0.0943. The monoisotopic (exact) mass is 409 g/mol. The van der Waals surface area contributed by atoms with Crippen molar-refractivity contribution in [3.63, 3.8) is 0 Å². The van der Waals surface area contributed by atoms with Gasteiger partial charge in [-0.3, -0.25) is 15.6 Å². The number of rotatable bonds is 5. The lowest BCUT2D eigenvalue weighted by Gasteiger charge is -2.12. The molecule has 0 aromatic heterocycles. The van der Waals surface area contributed by atoms with E-state index in [1.54, 1.807) is 23.9 Å². The van der Waals surface area contributed by atoms with E-state index >= 15 is 0 Å². The van der Waals surface area contributed by atoms with Crippen LogP contribution in [-0.2, 0) is 0 Å². The summed E-state index contributed by atoms with van der Waals surface area (Å²) >= 11 is 10.2. The second kappa shape index (κ2) is 9.54. The summed E-state index contributed by atoms with van der Waals surface area (Å²) in [6.07, 6.45) is 0. The van der Waals surface area contributed by atoms with Crippen molar-refractivity contribution < 1.29 is 4.79 Å². The Kier molecular flexibility index (Phi) is 7.38. The molecule has 2 aromatic rings. The van der Waals surface area contributed by atoms with Crippen LogP contribution in [0.15, 0.2) is 64.0 Å². The normalized spacial score (nSPS) is 9.96. The van der Waals surface area contributed by atoms with E-state index in [9.17, 15) is 4.79 Å². The van der Waals surface area contributed by atoms with Gasteiger partial charge in [-0.05, 0) is 52.4 Å². The van der Waals surface area contributed by atoms with E-state index in [0.29, 0.717) is 17.2 Å². The summed E-state index contributed by atoms with van der Waals surface area (Å²) in [5.41, 5.74) is 5.81. The highest BCUT2D eigenvalue weighted by molar-refractivity contribution is 9.10. The second-order valence-electron chi connectivity index (χ2n) is 4.48. The van der Waals surface area contributed by atoms with E-state index < -0.39 is 0 Å². The lowest BCUT2D eigenvalue weighted by atomic mass is 10.2. The summed E-state index contributed by atoms with van der Waals surface area (Å²) < 4.78 is 0.734. The Balaban J connectivity index is 1.65. The molecule has 0 bridgehead atoms. The molecule has 7 heteroatoms. The zero-order valence-electron chi connectivity index (χ0n) is 12.2. The van der Waals surface area contributed by atoms with Crippen LogP contribution in [0.1, 0.15) is 10.4 Å². The predicted molar refractivity (Wildman–Crippen MR) is 103 cm³/mol. The number of carbonyl (C=O) groups excluding carboxylic acids is 1. The number of halogens is 1. The van der Waals surface area contributed by atoms with Crippen LogP contribution in [0, 0.1) is 0 Å². The zero-order valence-corrected chi connectivity index (χ0v) is 15.4. The topological polar surface area (TPSA) is 53.2 Å². The average molecular weight is 410 g/mol. The number of benzene rings is 2. The van der Waals surface area contributed by atoms with E-state index in [4.69, 9.17) is 12.2 Å². The molecule has 0 heterocycles. The molecule has 0 saturated heterocycles. The minimum Gasteiger partial charge on any atom is -0.361 e. The highest BCUT2D eigenvalue weighted by atomic mass is 79.9. The van der Waals surface area contributed by atoms with Crippen LogP contribution in [0.4, 0.5) is 0 Å². The molecule has 0 aliphatic carbocycles. The van der Waals surface area contributed by atoms with Crippen LogP contribution < -0.4 is 16.2 Å². The summed E-state index contributed by atoms with van der Waals surface area (Å²) in [6.45, 7) is 0.705. The van der Waals surface area contributed by atoms with Gasteiger partial charge >= 0.3 is 0 Å². The fraction of sp³-hybridized carbons (Fsp3) is 0.125. The smallest absolute Gasteiger partial charge is 0.270 e. The van der Waals surface area contributed by atoms with Crippen molar-refractivity contribution in [2.24, 2.45) is 0 Å². The van der Waals surface area contributed by atoms with Crippen LogP contribution in [0.3, 0.4) is 0 Å². The summed E-state index contributed by atoms with van der Waals surface area (Å²) in [5, 5.41) is 3.44. The second-order valence-corrected chi connectivity index (χ2v) is 6.91. The van der Waals surface area contributed by atoms with Gasteiger partial charge in [0.1, 0.15) is 0 Å². The van der Waals surface area contributed by atoms with Gasteiger partial charge in [-0.2, -0.15) is 0 Å². The summed E-state index contributed by atoms with van der Waals surface area (Å²) in [5.74, 6) is 0.629. The van der Waals surface area contributed by atoms with Gasteiger partial charge in [0, 0.05) is 21.7 Å². The van der Waals surface area contributed by atoms with Crippen molar-refractivity contribution in [1.82, 2.24) is 16.2 Å². The van der Waals surface area contributed by atoms with Crippen molar-refractivity contribution in [3.05, 3.63) is 64.6 Å². The molecule has 23 heavy (non-hydrogen) atoms. The third-order valence-electron chi connectivity index (χ3n) is 2.81. The molecule has 4 nitrogen and oxygen atoms in total. The largest absolute Gasteiger partial charge is 0.361 e. The SMILES string of the molecule is O=C(NNC(=S)NCCSc1ccccc1)c1ccccc1Br. The maximum atomic E-state index is 12.0. The number of hydrogen-bond donors (Lipinski definition) is 3. The molecular formula is C16H16BrN3OS2. The first kappa shape index (κ1) is 17.8. The molecule has 0 aliphatic rings. The lowest BCUT2D eigenvalue weighted by Crippen LogP contribution is -2.47. The standard InChI is InChI=1S/C16H16BrN3OS2/c17-14-9-5-4-8-13(14)15(21)19-20-16(22)18-10-11-23-12-6-2-1-3-7-12/h1-9H,10-11H2,(H,19,21)(H2,18,20,22). The van der Waals surface area contributed by atoms with Crippen molar-refractivity contribution >= 4 is 50.9 Å². The number of thiocarbonyl (C=S) groups is 1. The number of hydrazine groups is 1. The molecule has 0 saturated carbocycles. The third-order valence-corrected chi connectivity index (χ3v) is 4.76.